The van der Waals surface area contributed by atoms with Crippen LogP contribution < -0.4 is 0 Å². The summed E-state index contributed by atoms with van der Waals surface area (Å²) in [6.07, 6.45) is 0.522. The van der Waals surface area contributed by atoms with Gasteiger partial charge in [-0.2, -0.15) is 0 Å². The fourth-order valence-corrected chi connectivity index (χ4v) is 0.520. The SMILES string of the molecule is CCCC#CC(=O)OCC(O)CO. The number of ether oxygens (including phenoxy) is 1. The standard InChI is InChI=1S/C9H14O4/c1-2-3-4-5-9(12)13-7-8(11)6-10/h8,10-11H,2-3,6-7H2,1H3. The lowest BCUT2D eigenvalue weighted by molar-refractivity contribution is -0.140. The van der Waals surface area contributed by atoms with Crippen LogP contribution in [0.5, 0.6) is 0 Å². The number of hydrogen-bond donors (Lipinski definition) is 2. The minimum Gasteiger partial charge on any atom is -0.453 e. The molecule has 0 aliphatic carbocycles. The molecule has 74 valence electrons. The third kappa shape index (κ3) is 7.32. The van der Waals surface area contributed by atoms with Crippen molar-refractivity contribution in [1.29, 1.82) is 0 Å². The molecule has 13 heavy (non-hydrogen) atoms. The van der Waals surface area contributed by atoms with E-state index in [2.05, 4.69) is 16.6 Å². The van der Waals surface area contributed by atoms with Crippen LogP contribution in [0, 0.1) is 11.8 Å². The van der Waals surface area contributed by atoms with Gasteiger partial charge in [-0.25, -0.2) is 4.79 Å². The van der Waals surface area contributed by atoms with Crippen LogP contribution in [-0.2, 0) is 9.53 Å². The van der Waals surface area contributed by atoms with E-state index in [1.807, 2.05) is 6.92 Å². The van der Waals surface area contributed by atoms with Crippen molar-refractivity contribution in [2.24, 2.45) is 0 Å². The van der Waals surface area contributed by atoms with E-state index in [0.29, 0.717) is 6.42 Å². The molecule has 0 fully saturated rings. The molecule has 0 aliphatic heterocycles. The first kappa shape index (κ1) is 11.9. The highest BCUT2D eigenvalue weighted by Crippen LogP contribution is 1.85. The molecule has 1 unspecified atom stereocenters. The molecule has 4 nitrogen and oxygen atoms in total. The van der Waals surface area contributed by atoms with Crippen molar-refractivity contribution in [3.8, 4) is 11.8 Å². The van der Waals surface area contributed by atoms with E-state index >= 15 is 0 Å². The summed E-state index contributed by atoms with van der Waals surface area (Å²) >= 11 is 0. The molecule has 0 amide bonds. The molecule has 1 atom stereocenters. The minimum absolute atomic E-state index is 0.212. The zero-order valence-corrected chi connectivity index (χ0v) is 7.62. The second kappa shape index (κ2) is 7.59. The van der Waals surface area contributed by atoms with Crippen LogP contribution in [-0.4, -0.2) is 35.5 Å². The monoisotopic (exact) mass is 186 g/mol. The van der Waals surface area contributed by atoms with Crippen molar-refractivity contribution in [2.75, 3.05) is 13.2 Å². The Bertz CT molecular complexity index is 201. The number of unbranched alkanes of at least 4 members (excludes halogenated alkanes) is 1. The lowest BCUT2D eigenvalue weighted by Gasteiger charge is -2.04. The Hall–Kier alpha value is -1.05. The van der Waals surface area contributed by atoms with Crippen LogP contribution in [0.25, 0.3) is 0 Å². The Morgan fingerprint density at radius 3 is 2.85 bits per heavy atom. The largest absolute Gasteiger partial charge is 0.453 e. The zero-order chi connectivity index (χ0) is 10.1. The van der Waals surface area contributed by atoms with E-state index in [-0.39, 0.29) is 6.61 Å². The number of esters is 1. The van der Waals surface area contributed by atoms with Gasteiger partial charge in [-0.15, -0.1) is 0 Å². The van der Waals surface area contributed by atoms with Gasteiger partial charge in [-0.1, -0.05) is 12.8 Å². The molecule has 0 aromatic carbocycles. The van der Waals surface area contributed by atoms with Gasteiger partial charge in [0.1, 0.15) is 12.7 Å². The lowest BCUT2D eigenvalue weighted by atomic mass is 10.3. The number of aliphatic hydroxyl groups is 2. The van der Waals surface area contributed by atoms with E-state index in [1.54, 1.807) is 0 Å². The van der Waals surface area contributed by atoms with Crippen LogP contribution in [0.2, 0.25) is 0 Å². The zero-order valence-electron chi connectivity index (χ0n) is 7.62. The summed E-state index contributed by atoms with van der Waals surface area (Å²) in [6.45, 7) is 1.32. The molecule has 0 heterocycles. The highest BCUT2D eigenvalue weighted by atomic mass is 16.5. The molecule has 0 aromatic heterocycles. The second-order valence-electron chi connectivity index (χ2n) is 2.49. The number of hydrogen-bond acceptors (Lipinski definition) is 4. The average molecular weight is 186 g/mol. The molecule has 0 radical (unpaired) electrons. The van der Waals surface area contributed by atoms with Crippen molar-refractivity contribution >= 4 is 5.97 Å². The maximum absolute atomic E-state index is 10.7. The van der Waals surface area contributed by atoms with Gasteiger partial charge in [0.05, 0.1) is 6.61 Å². The number of carbonyl (C=O) groups excluding carboxylic acids is 1. The third-order valence-electron chi connectivity index (χ3n) is 1.18. The van der Waals surface area contributed by atoms with E-state index in [9.17, 15) is 4.79 Å². The Kier molecular flexibility index (Phi) is 6.98. The van der Waals surface area contributed by atoms with Gasteiger partial charge < -0.3 is 14.9 Å². The van der Waals surface area contributed by atoms with Gasteiger partial charge >= 0.3 is 5.97 Å². The summed E-state index contributed by atoms with van der Waals surface area (Å²) in [5, 5.41) is 17.2. The molecule has 0 rings (SSSR count). The molecular weight excluding hydrogens is 172 g/mol. The highest BCUT2D eigenvalue weighted by Gasteiger charge is 2.04. The topological polar surface area (TPSA) is 66.8 Å². The van der Waals surface area contributed by atoms with E-state index in [1.165, 1.54) is 0 Å². The summed E-state index contributed by atoms with van der Waals surface area (Å²) in [4.78, 5) is 10.7. The molecule has 0 spiro atoms. The Morgan fingerprint density at radius 2 is 2.31 bits per heavy atom. The smallest absolute Gasteiger partial charge is 0.384 e. The van der Waals surface area contributed by atoms with Crippen LogP contribution in [0.1, 0.15) is 19.8 Å². The lowest BCUT2D eigenvalue weighted by Crippen LogP contribution is -2.21. The number of carbonyl (C=O) groups is 1. The predicted octanol–water partition coefficient (Wildman–Crippen LogP) is -0.314. The fraction of sp³-hybridized carbons (Fsp3) is 0.667. The first-order valence-electron chi connectivity index (χ1n) is 4.15. The van der Waals surface area contributed by atoms with Gasteiger partial charge in [0.15, 0.2) is 0 Å². The van der Waals surface area contributed by atoms with Crippen molar-refractivity contribution < 1.29 is 19.7 Å². The van der Waals surface area contributed by atoms with Crippen LogP contribution in [0.3, 0.4) is 0 Å². The van der Waals surface area contributed by atoms with E-state index in [4.69, 9.17) is 10.2 Å². The molecule has 0 bridgehead atoms. The van der Waals surface area contributed by atoms with Crippen molar-refractivity contribution in [2.45, 2.75) is 25.9 Å². The molecular formula is C9H14O4. The molecule has 0 aromatic rings. The van der Waals surface area contributed by atoms with Gasteiger partial charge in [0.25, 0.3) is 0 Å². The molecule has 0 aliphatic rings. The summed E-state index contributed by atoms with van der Waals surface area (Å²) in [6, 6.07) is 0. The maximum atomic E-state index is 10.7. The summed E-state index contributed by atoms with van der Waals surface area (Å²) in [5.41, 5.74) is 0. The highest BCUT2D eigenvalue weighted by molar-refractivity contribution is 5.88. The van der Waals surface area contributed by atoms with Gasteiger partial charge in [-0.3, -0.25) is 0 Å². The van der Waals surface area contributed by atoms with Crippen molar-refractivity contribution in [3.05, 3.63) is 0 Å². The van der Waals surface area contributed by atoms with Crippen LogP contribution >= 0.6 is 0 Å². The summed E-state index contributed by atoms with van der Waals surface area (Å²) < 4.78 is 4.52. The van der Waals surface area contributed by atoms with Gasteiger partial charge in [0, 0.05) is 12.3 Å². The molecule has 2 N–H and O–H groups in total. The molecule has 0 saturated carbocycles. The van der Waals surface area contributed by atoms with E-state index < -0.39 is 18.7 Å². The first-order chi connectivity index (χ1) is 6.20. The Morgan fingerprint density at radius 1 is 1.62 bits per heavy atom. The Labute approximate surface area is 77.5 Å². The Balaban J connectivity index is 3.58. The first-order valence-corrected chi connectivity index (χ1v) is 4.15. The maximum Gasteiger partial charge on any atom is 0.384 e. The molecule has 4 heteroatoms. The molecule has 0 saturated heterocycles. The number of aliphatic hydroxyl groups excluding tert-OH is 2. The van der Waals surface area contributed by atoms with Gasteiger partial charge in [0.2, 0.25) is 0 Å². The summed E-state index contributed by atoms with van der Waals surface area (Å²) in [5.74, 6) is 4.20. The minimum atomic E-state index is -1.02. The van der Waals surface area contributed by atoms with Gasteiger partial charge in [-0.05, 0) is 6.42 Å². The van der Waals surface area contributed by atoms with Crippen molar-refractivity contribution in [3.63, 3.8) is 0 Å². The van der Waals surface area contributed by atoms with E-state index in [0.717, 1.165) is 6.42 Å². The average Bonchev–Trinajstić information content (AvgIpc) is 2.14. The van der Waals surface area contributed by atoms with Crippen LogP contribution in [0.4, 0.5) is 0 Å². The third-order valence-corrected chi connectivity index (χ3v) is 1.18. The quantitative estimate of drug-likeness (QED) is 0.359. The van der Waals surface area contributed by atoms with Crippen LogP contribution in [0.15, 0.2) is 0 Å². The predicted molar refractivity (Wildman–Crippen MR) is 46.7 cm³/mol. The number of rotatable bonds is 4. The van der Waals surface area contributed by atoms with Crippen molar-refractivity contribution in [1.82, 2.24) is 0 Å². The normalized spacial score (nSPS) is 11.3. The summed E-state index contributed by atoms with van der Waals surface area (Å²) in [7, 11) is 0. The fourth-order valence-electron chi connectivity index (χ4n) is 0.520. The second-order valence-corrected chi connectivity index (χ2v) is 2.49.